The first-order chi connectivity index (χ1) is 8.65. The summed E-state index contributed by atoms with van der Waals surface area (Å²) >= 11 is 3.07. The Morgan fingerprint density at radius 2 is 2.44 bits per heavy atom. The minimum absolute atomic E-state index is 0.616. The standard InChI is InChI=1S/C12H18N4S2/c1-16-4-3-8(7-16)6-15-12-11(17-2)10(14)9(5-13)18-12/h8,15H,3-4,6-7,14H2,1-2H3. The summed E-state index contributed by atoms with van der Waals surface area (Å²) in [7, 11) is 2.16. The summed E-state index contributed by atoms with van der Waals surface area (Å²) in [4.78, 5) is 3.99. The van der Waals surface area contributed by atoms with Gasteiger partial charge in [-0.05, 0) is 32.2 Å². The highest BCUT2D eigenvalue weighted by molar-refractivity contribution is 7.99. The van der Waals surface area contributed by atoms with Crippen LogP contribution < -0.4 is 11.1 Å². The fourth-order valence-corrected chi connectivity index (χ4v) is 4.10. The number of nitrogens with zero attached hydrogens (tertiary/aromatic N) is 2. The van der Waals surface area contributed by atoms with E-state index >= 15 is 0 Å². The van der Waals surface area contributed by atoms with Gasteiger partial charge in [-0.2, -0.15) is 5.26 Å². The SMILES string of the molecule is CSc1c(NCC2CCN(C)C2)sc(C#N)c1N. The van der Waals surface area contributed by atoms with Crippen molar-refractivity contribution >= 4 is 33.8 Å². The summed E-state index contributed by atoms with van der Waals surface area (Å²) in [6, 6.07) is 2.16. The van der Waals surface area contributed by atoms with Gasteiger partial charge in [-0.15, -0.1) is 23.1 Å². The van der Waals surface area contributed by atoms with E-state index in [1.54, 1.807) is 11.8 Å². The molecule has 6 heteroatoms. The lowest BCUT2D eigenvalue weighted by Gasteiger charge is -2.12. The summed E-state index contributed by atoms with van der Waals surface area (Å²) in [5, 5.41) is 13.5. The molecule has 0 aliphatic carbocycles. The fraction of sp³-hybridized carbons (Fsp3) is 0.583. The quantitative estimate of drug-likeness (QED) is 0.830. The van der Waals surface area contributed by atoms with E-state index in [1.807, 2.05) is 6.26 Å². The van der Waals surface area contributed by atoms with Gasteiger partial charge in [0.15, 0.2) is 0 Å². The number of anilines is 2. The number of nitrogens with two attached hydrogens (primary N) is 1. The van der Waals surface area contributed by atoms with E-state index < -0.39 is 0 Å². The molecule has 1 aromatic heterocycles. The van der Waals surface area contributed by atoms with Crippen LogP contribution >= 0.6 is 23.1 Å². The van der Waals surface area contributed by atoms with E-state index in [0.29, 0.717) is 16.5 Å². The van der Waals surface area contributed by atoms with Crippen molar-refractivity contribution in [2.75, 3.05) is 44.0 Å². The number of thioether (sulfide) groups is 1. The molecule has 1 aliphatic rings. The highest BCUT2D eigenvalue weighted by atomic mass is 32.2. The zero-order valence-electron chi connectivity index (χ0n) is 10.7. The Labute approximate surface area is 116 Å². The molecule has 0 bridgehead atoms. The lowest BCUT2D eigenvalue weighted by molar-refractivity contribution is 0.399. The maximum Gasteiger partial charge on any atom is 0.131 e. The Morgan fingerprint density at radius 3 is 3.00 bits per heavy atom. The summed E-state index contributed by atoms with van der Waals surface area (Å²) in [5.74, 6) is 0.693. The molecule has 2 heterocycles. The Bertz CT molecular complexity index is 463. The normalized spacial score (nSPS) is 19.9. The molecule has 0 saturated carbocycles. The lowest BCUT2D eigenvalue weighted by atomic mass is 10.1. The van der Waals surface area contributed by atoms with Crippen LogP contribution in [0.15, 0.2) is 4.90 Å². The Kier molecular flexibility index (Phi) is 4.38. The third-order valence-corrected chi connectivity index (χ3v) is 5.27. The second-order valence-electron chi connectivity index (χ2n) is 4.62. The molecule has 1 atom stereocenters. The maximum absolute atomic E-state index is 9.00. The van der Waals surface area contributed by atoms with Crippen LogP contribution in [-0.2, 0) is 0 Å². The lowest BCUT2D eigenvalue weighted by Crippen LogP contribution is -2.18. The number of thiophene rings is 1. The van der Waals surface area contributed by atoms with Gasteiger partial charge in [-0.1, -0.05) is 0 Å². The summed E-state index contributed by atoms with van der Waals surface area (Å²) in [6.07, 6.45) is 3.23. The summed E-state index contributed by atoms with van der Waals surface area (Å²) in [5.41, 5.74) is 6.58. The molecule has 3 N–H and O–H groups in total. The van der Waals surface area contributed by atoms with Crippen LogP contribution in [0.3, 0.4) is 0 Å². The number of nitrogens with one attached hydrogen (secondary N) is 1. The molecule has 0 amide bonds. The average molecular weight is 282 g/mol. The predicted molar refractivity (Wildman–Crippen MR) is 79.3 cm³/mol. The molecule has 4 nitrogen and oxygen atoms in total. The van der Waals surface area contributed by atoms with E-state index in [2.05, 4.69) is 23.3 Å². The molecule has 0 aromatic carbocycles. The Morgan fingerprint density at radius 1 is 1.67 bits per heavy atom. The Hall–Kier alpha value is -0.900. The second kappa shape index (κ2) is 5.83. The van der Waals surface area contributed by atoms with Crippen molar-refractivity contribution < 1.29 is 0 Å². The number of hydrogen-bond acceptors (Lipinski definition) is 6. The van der Waals surface area contributed by atoms with Crippen molar-refractivity contribution in [3.8, 4) is 6.07 Å². The molecule has 2 rings (SSSR count). The molecular formula is C12H18N4S2. The van der Waals surface area contributed by atoms with Crippen LogP contribution in [0.5, 0.6) is 0 Å². The van der Waals surface area contributed by atoms with Gasteiger partial charge in [0.1, 0.15) is 15.9 Å². The smallest absolute Gasteiger partial charge is 0.131 e. The first kappa shape index (κ1) is 13.5. The second-order valence-corrected chi connectivity index (χ2v) is 6.45. The minimum atomic E-state index is 0.616. The highest BCUT2D eigenvalue weighted by Crippen LogP contribution is 2.41. The van der Waals surface area contributed by atoms with Gasteiger partial charge in [-0.3, -0.25) is 0 Å². The average Bonchev–Trinajstić information content (AvgIpc) is 2.90. The third-order valence-electron chi connectivity index (χ3n) is 3.25. The minimum Gasteiger partial charge on any atom is -0.396 e. The molecule has 0 spiro atoms. The molecular weight excluding hydrogens is 264 g/mol. The van der Waals surface area contributed by atoms with Crippen molar-refractivity contribution in [2.45, 2.75) is 11.3 Å². The first-order valence-corrected chi connectivity index (χ1v) is 7.98. The van der Waals surface area contributed by atoms with Gasteiger partial charge in [-0.25, -0.2) is 0 Å². The molecule has 1 aromatic rings. The number of nitrogen functional groups attached to an aromatic ring is 1. The highest BCUT2D eigenvalue weighted by Gasteiger charge is 2.21. The van der Waals surface area contributed by atoms with E-state index in [-0.39, 0.29) is 0 Å². The van der Waals surface area contributed by atoms with Crippen LogP contribution in [0.1, 0.15) is 11.3 Å². The summed E-state index contributed by atoms with van der Waals surface area (Å²) in [6.45, 7) is 3.29. The van der Waals surface area contributed by atoms with Crippen LogP contribution in [-0.4, -0.2) is 37.8 Å². The molecule has 18 heavy (non-hydrogen) atoms. The molecule has 1 unspecified atom stereocenters. The van der Waals surface area contributed by atoms with Crippen molar-refractivity contribution in [3.05, 3.63) is 4.88 Å². The number of hydrogen-bond donors (Lipinski definition) is 2. The predicted octanol–water partition coefficient (Wildman–Crippen LogP) is 2.29. The van der Waals surface area contributed by atoms with E-state index in [4.69, 9.17) is 11.0 Å². The van der Waals surface area contributed by atoms with Gasteiger partial charge in [0, 0.05) is 13.1 Å². The monoisotopic (exact) mass is 282 g/mol. The van der Waals surface area contributed by atoms with Crippen molar-refractivity contribution in [1.29, 1.82) is 5.26 Å². The Balaban J connectivity index is 2.03. The zero-order valence-corrected chi connectivity index (χ0v) is 12.3. The summed E-state index contributed by atoms with van der Waals surface area (Å²) < 4.78 is 0. The third kappa shape index (κ3) is 2.74. The van der Waals surface area contributed by atoms with Gasteiger partial charge < -0.3 is 16.0 Å². The molecule has 1 fully saturated rings. The molecule has 1 aliphatic heterocycles. The fourth-order valence-electron chi connectivity index (χ4n) is 2.26. The topological polar surface area (TPSA) is 65.1 Å². The van der Waals surface area contributed by atoms with Crippen molar-refractivity contribution in [2.24, 2.45) is 5.92 Å². The van der Waals surface area contributed by atoms with Crippen molar-refractivity contribution in [1.82, 2.24) is 4.90 Å². The molecule has 0 radical (unpaired) electrons. The zero-order chi connectivity index (χ0) is 13.1. The largest absolute Gasteiger partial charge is 0.396 e. The van der Waals surface area contributed by atoms with Crippen molar-refractivity contribution in [3.63, 3.8) is 0 Å². The van der Waals surface area contributed by atoms with Crippen LogP contribution in [0.4, 0.5) is 10.7 Å². The number of likely N-dealkylation sites (tertiary alicyclic amines) is 1. The van der Waals surface area contributed by atoms with Gasteiger partial charge >= 0.3 is 0 Å². The van der Waals surface area contributed by atoms with Crippen LogP contribution in [0.2, 0.25) is 0 Å². The van der Waals surface area contributed by atoms with Crippen LogP contribution in [0.25, 0.3) is 0 Å². The van der Waals surface area contributed by atoms with E-state index in [0.717, 1.165) is 23.0 Å². The maximum atomic E-state index is 9.00. The number of rotatable bonds is 4. The number of nitriles is 1. The van der Waals surface area contributed by atoms with Crippen LogP contribution in [0, 0.1) is 17.2 Å². The van der Waals surface area contributed by atoms with E-state index in [9.17, 15) is 0 Å². The molecule has 1 saturated heterocycles. The van der Waals surface area contributed by atoms with Gasteiger partial charge in [0.05, 0.1) is 10.6 Å². The molecule has 98 valence electrons. The van der Waals surface area contributed by atoms with Gasteiger partial charge in [0.2, 0.25) is 0 Å². The van der Waals surface area contributed by atoms with E-state index in [1.165, 1.54) is 24.3 Å². The van der Waals surface area contributed by atoms with Gasteiger partial charge in [0.25, 0.3) is 0 Å². The first-order valence-electron chi connectivity index (χ1n) is 5.94.